The average molecular weight is 484 g/mol. The average Bonchev–Trinajstić information content (AvgIpc) is 3.24. The molecule has 0 bridgehead atoms. The number of hydrogen-bond acceptors (Lipinski definition) is 3. The Balaban J connectivity index is 1.37. The largest absolute Gasteiger partial charge is 0.416 e. The molecule has 0 saturated heterocycles. The van der Waals surface area contributed by atoms with E-state index < -0.39 is 29.2 Å². The fraction of sp³-hybridized carbons (Fsp3) is 0.0800. The molecule has 2 heterocycles. The summed E-state index contributed by atoms with van der Waals surface area (Å²) >= 11 is 0. The van der Waals surface area contributed by atoms with E-state index in [0.717, 1.165) is 23.8 Å². The van der Waals surface area contributed by atoms with Crippen molar-refractivity contribution in [2.24, 2.45) is 0 Å². The van der Waals surface area contributed by atoms with Crippen LogP contribution >= 0.6 is 0 Å². The number of hydrogen-bond donors (Lipinski definition) is 0. The van der Waals surface area contributed by atoms with E-state index in [1.807, 2.05) is 0 Å². The van der Waals surface area contributed by atoms with Crippen molar-refractivity contribution >= 4 is 0 Å². The van der Waals surface area contributed by atoms with Gasteiger partial charge in [-0.3, -0.25) is 4.68 Å². The van der Waals surface area contributed by atoms with Crippen LogP contribution < -0.4 is 0 Å². The Hall–Kier alpha value is -4.21. The zero-order valence-corrected chi connectivity index (χ0v) is 17.7. The van der Waals surface area contributed by atoms with Gasteiger partial charge in [-0.15, -0.1) is 0 Å². The molecule has 0 N–H and O–H groups in total. The van der Waals surface area contributed by atoms with E-state index in [9.17, 15) is 26.3 Å². The maximum atomic E-state index is 14.3. The van der Waals surface area contributed by atoms with Crippen LogP contribution in [0.4, 0.5) is 26.3 Å². The van der Waals surface area contributed by atoms with Gasteiger partial charge < -0.3 is 0 Å². The van der Waals surface area contributed by atoms with Gasteiger partial charge in [0.2, 0.25) is 0 Å². The summed E-state index contributed by atoms with van der Waals surface area (Å²) in [5, 5.41) is 4.26. The zero-order chi connectivity index (χ0) is 24.7. The molecule has 2 aliphatic rings. The summed E-state index contributed by atoms with van der Waals surface area (Å²) < 4.78 is 81.7. The Morgan fingerprint density at radius 3 is 2.23 bits per heavy atom. The van der Waals surface area contributed by atoms with Gasteiger partial charge in [0.15, 0.2) is 17.5 Å². The van der Waals surface area contributed by atoms with Crippen LogP contribution in [-0.4, -0.2) is 19.7 Å². The van der Waals surface area contributed by atoms with Crippen LogP contribution in [0.15, 0.2) is 73.1 Å². The number of benzene rings is 3. The molecule has 0 fully saturated rings. The standard InChI is InChI=1S/C25H14F6N4/c26-19-3-1-2-18(23(19)28)24-33-21-11-32-35(13-22(21)34-24)12-14-4-6-15(7-5-14)17-9-8-16(10-20(17)27)25(29,30)31/h1-11,13H,12H2. The second-order valence-electron chi connectivity index (χ2n) is 7.78. The van der Waals surface area contributed by atoms with Crippen molar-refractivity contribution in [3.05, 3.63) is 102 Å². The first-order valence-electron chi connectivity index (χ1n) is 10.3. The van der Waals surface area contributed by atoms with E-state index in [0.29, 0.717) is 29.6 Å². The highest BCUT2D eigenvalue weighted by molar-refractivity contribution is 5.66. The molecule has 4 nitrogen and oxygen atoms in total. The molecule has 0 atom stereocenters. The van der Waals surface area contributed by atoms with Crippen molar-refractivity contribution in [2.45, 2.75) is 12.7 Å². The number of fused-ring (bicyclic) bond motifs is 1. The maximum absolute atomic E-state index is 14.3. The lowest BCUT2D eigenvalue weighted by Gasteiger charge is -2.10. The maximum Gasteiger partial charge on any atom is 0.416 e. The molecule has 5 rings (SSSR count). The molecule has 0 saturated carbocycles. The van der Waals surface area contributed by atoms with Crippen molar-refractivity contribution in [3.63, 3.8) is 0 Å². The SMILES string of the molecule is Fc1cc(C(F)(F)F)ccc1-c1ccc(Cn2cc3nc(-c4cccc(F)c4F)nc-3cn2)cc1. The van der Waals surface area contributed by atoms with Gasteiger partial charge >= 0.3 is 6.18 Å². The number of aromatic nitrogens is 4. The Kier molecular flexibility index (Phi) is 5.50. The number of halogens is 6. The van der Waals surface area contributed by atoms with Crippen LogP contribution in [0.2, 0.25) is 0 Å². The molecule has 3 aromatic rings. The van der Waals surface area contributed by atoms with E-state index in [-0.39, 0.29) is 17.0 Å². The second kappa shape index (κ2) is 8.53. The third kappa shape index (κ3) is 4.46. The van der Waals surface area contributed by atoms with Gasteiger partial charge in [0.25, 0.3) is 0 Å². The summed E-state index contributed by atoms with van der Waals surface area (Å²) in [5.41, 5.74) is 1.01. The normalized spacial score (nSPS) is 11.8. The van der Waals surface area contributed by atoms with Crippen LogP contribution in [0, 0.1) is 17.5 Å². The summed E-state index contributed by atoms with van der Waals surface area (Å²) in [4.78, 5) is 8.48. The number of alkyl halides is 3. The minimum Gasteiger partial charge on any atom is -0.266 e. The lowest BCUT2D eigenvalue weighted by atomic mass is 10.0. The van der Waals surface area contributed by atoms with Crippen LogP contribution in [-0.2, 0) is 12.7 Å². The molecule has 0 unspecified atom stereocenters. The lowest BCUT2D eigenvalue weighted by Crippen LogP contribution is -2.06. The predicted molar refractivity (Wildman–Crippen MR) is 116 cm³/mol. The first kappa shape index (κ1) is 22.6. The van der Waals surface area contributed by atoms with Gasteiger partial charge in [-0.05, 0) is 35.4 Å². The highest BCUT2D eigenvalue weighted by Crippen LogP contribution is 2.33. The van der Waals surface area contributed by atoms with Crippen molar-refractivity contribution in [3.8, 4) is 33.9 Å². The van der Waals surface area contributed by atoms with E-state index in [2.05, 4.69) is 15.1 Å². The number of rotatable bonds is 4. The molecular weight excluding hydrogens is 470 g/mol. The minimum atomic E-state index is -4.62. The molecule has 0 radical (unpaired) electrons. The molecule has 0 aliphatic carbocycles. The van der Waals surface area contributed by atoms with Gasteiger partial charge in [0.1, 0.15) is 17.2 Å². The predicted octanol–water partition coefficient (Wildman–Crippen LogP) is 6.60. The third-order valence-corrected chi connectivity index (χ3v) is 5.41. The number of nitrogens with zero attached hydrogens (tertiary/aromatic N) is 4. The van der Waals surface area contributed by atoms with Crippen molar-refractivity contribution in [1.82, 2.24) is 19.7 Å². The van der Waals surface area contributed by atoms with Crippen molar-refractivity contribution in [1.29, 1.82) is 0 Å². The van der Waals surface area contributed by atoms with Crippen LogP contribution in [0.1, 0.15) is 11.1 Å². The highest BCUT2D eigenvalue weighted by Gasteiger charge is 2.31. The molecule has 0 aromatic heterocycles. The van der Waals surface area contributed by atoms with E-state index in [1.165, 1.54) is 18.3 Å². The monoisotopic (exact) mass is 484 g/mol. The molecular formula is C25H14F6N4. The fourth-order valence-electron chi connectivity index (χ4n) is 3.65. The molecule has 0 amide bonds. The van der Waals surface area contributed by atoms with E-state index in [4.69, 9.17) is 0 Å². The Morgan fingerprint density at radius 2 is 1.51 bits per heavy atom. The number of imidazole rings is 1. The summed E-state index contributed by atoms with van der Waals surface area (Å²) in [5.74, 6) is -2.95. The fourth-order valence-corrected chi connectivity index (χ4v) is 3.65. The van der Waals surface area contributed by atoms with E-state index >= 15 is 0 Å². The summed E-state index contributed by atoms with van der Waals surface area (Å²) in [6.45, 7) is 0.308. The lowest BCUT2D eigenvalue weighted by molar-refractivity contribution is -0.137. The van der Waals surface area contributed by atoms with Gasteiger partial charge in [-0.1, -0.05) is 36.4 Å². The van der Waals surface area contributed by atoms with Gasteiger partial charge in [-0.25, -0.2) is 23.1 Å². The smallest absolute Gasteiger partial charge is 0.266 e. The van der Waals surface area contributed by atoms with Crippen LogP contribution in [0.3, 0.4) is 0 Å². The quantitative estimate of drug-likeness (QED) is 0.270. The molecule has 35 heavy (non-hydrogen) atoms. The first-order valence-corrected chi connectivity index (χ1v) is 10.3. The second-order valence-corrected chi connectivity index (χ2v) is 7.78. The first-order chi connectivity index (χ1) is 16.7. The third-order valence-electron chi connectivity index (χ3n) is 5.41. The minimum absolute atomic E-state index is 0.0412. The Labute approximate surface area is 194 Å². The zero-order valence-electron chi connectivity index (χ0n) is 17.7. The molecule has 2 aliphatic heterocycles. The Bertz CT molecular complexity index is 1490. The highest BCUT2D eigenvalue weighted by atomic mass is 19.4. The van der Waals surface area contributed by atoms with Gasteiger partial charge in [-0.2, -0.15) is 18.3 Å². The summed E-state index contributed by atoms with van der Waals surface area (Å²) in [6.07, 6.45) is -1.56. The summed E-state index contributed by atoms with van der Waals surface area (Å²) in [7, 11) is 0. The van der Waals surface area contributed by atoms with Crippen molar-refractivity contribution in [2.75, 3.05) is 0 Å². The Morgan fingerprint density at radius 1 is 0.771 bits per heavy atom. The van der Waals surface area contributed by atoms with Crippen LogP contribution in [0.5, 0.6) is 0 Å². The molecule has 3 aromatic carbocycles. The van der Waals surface area contributed by atoms with Crippen molar-refractivity contribution < 1.29 is 26.3 Å². The van der Waals surface area contributed by atoms with Gasteiger partial charge in [0.05, 0.1) is 30.1 Å². The molecule has 10 heteroatoms. The van der Waals surface area contributed by atoms with Gasteiger partial charge in [0, 0.05) is 5.56 Å². The van der Waals surface area contributed by atoms with Crippen LogP contribution in [0.25, 0.3) is 33.9 Å². The molecule has 0 spiro atoms. The molecule has 176 valence electrons. The topological polar surface area (TPSA) is 43.6 Å². The summed E-state index contributed by atoms with van der Waals surface area (Å²) in [6, 6.07) is 12.8. The van der Waals surface area contributed by atoms with E-state index in [1.54, 1.807) is 35.1 Å².